The van der Waals surface area contributed by atoms with E-state index in [0.717, 1.165) is 24.1 Å². The highest BCUT2D eigenvalue weighted by molar-refractivity contribution is 5.90. The number of aliphatic hydroxyl groups excluding tert-OH is 1. The molecule has 3 heteroatoms. The molecule has 3 nitrogen and oxygen atoms in total. The van der Waals surface area contributed by atoms with Crippen molar-refractivity contribution in [3.63, 3.8) is 0 Å². The molecule has 2 N–H and O–H groups in total. The monoisotopic (exact) mass is 221 g/mol. The number of carbonyl (C=O) groups is 1. The van der Waals surface area contributed by atoms with Gasteiger partial charge in [0, 0.05) is 12.1 Å². The van der Waals surface area contributed by atoms with Crippen LogP contribution in [-0.4, -0.2) is 11.0 Å². The van der Waals surface area contributed by atoms with Crippen molar-refractivity contribution in [1.29, 1.82) is 0 Å². The SMILES string of the molecule is CCCC(O)c1ccc(NC(=O)CC)cc1. The van der Waals surface area contributed by atoms with Gasteiger partial charge < -0.3 is 10.4 Å². The largest absolute Gasteiger partial charge is 0.388 e. The highest BCUT2D eigenvalue weighted by Crippen LogP contribution is 2.20. The molecule has 0 saturated heterocycles. The standard InChI is InChI=1S/C13H19NO2/c1-3-5-12(15)10-6-8-11(9-7-10)14-13(16)4-2/h6-9,12,15H,3-5H2,1-2H3,(H,14,16). The van der Waals surface area contributed by atoms with Crippen LogP contribution in [0.25, 0.3) is 0 Å². The Labute approximate surface area is 96.5 Å². The molecule has 0 fully saturated rings. The molecule has 0 radical (unpaired) electrons. The van der Waals surface area contributed by atoms with Crippen molar-refractivity contribution in [2.24, 2.45) is 0 Å². The van der Waals surface area contributed by atoms with Crippen molar-refractivity contribution >= 4 is 11.6 Å². The summed E-state index contributed by atoms with van der Waals surface area (Å²) in [6.45, 7) is 3.85. The molecule has 0 spiro atoms. The number of hydrogen-bond donors (Lipinski definition) is 2. The molecule has 1 unspecified atom stereocenters. The van der Waals surface area contributed by atoms with E-state index in [1.807, 2.05) is 38.1 Å². The molecule has 1 aromatic rings. The minimum atomic E-state index is -0.402. The van der Waals surface area contributed by atoms with Crippen molar-refractivity contribution < 1.29 is 9.90 Å². The molecule has 0 aliphatic carbocycles. The molecule has 16 heavy (non-hydrogen) atoms. The van der Waals surface area contributed by atoms with Gasteiger partial charge in [0.15, 0.2) is 0 Å². The maximum absolute atomic E-state index is 11.1. The molecule has 0 bridgehead atoms. The number of rotatable bonds is 5. The summed E-state index contributed by atoms with van der Waals surface area (Å²) in [5.74, 6) is 0.00172. The van der Waals surface area contributed by atoms with Crippen molar-refractivity contribution in [2.45, 2.75) is 39.2 Å². The van der Waals surface area contributed by atoms with Crippen molar-refractivity contribution in [3.8, 4) is 0 Å². The zero-order valence-electron chi connectivity index (χ0n) is 9.86. The van der Waals surface area contributed by atoms with Gasteiger partial charge in [-0.15, -0.1) is 0 Å². The van der Waals surface area contributed by atoms with Crippen LogP contribution in [0.5, 0.6) is 0 Å². The van der Waals surface area contributed by atoms with Gasteiger partial charge in [-0.05, 0) is 24.1 Å². The quantitative estimate of drug-likeness (QED) is 0.803. The fourth-order valence-corrected chi connectivity index (χ4v) is 1.48. The van der Waals surface area contributed by atoms with E-state index in [0.29, 0.717) is 6.42 Å². The summed E-state index contributed by atoms with van der Waals surface area (Å²) in [5, 5.41) is 12.5. The molecule has 1 aromatic carbocycles. The Balaban J connectivity index is 2.64. The van der Waals surface area contributed by atoms with Gasteiger partial charge in [0.2, 0.25) is 5.91 Å². The van der Waals surface area contributed by atoms with Gasteiger partial charge in [-0.2, -0.15) is 0 Å². The minimum absolute atomic E-state index is 0.00172. The molecule has 0 heterocycles. The summed E-state index contributed by atoms with van der Waals surface area (Å²) in [6, 6.07) is 7.35. The molecule has 0 saturated carbocycles. The van der Waals surface area contributed by atoms with Crippen molar-refractivity contribution in [2.75, 3.05) is 5.32 Å². The van der Waals surface area contributed by atoms with E-state index in [9.17, 15) is 9.90 Å². The van der Waals surface area contributed by atoms with E-state index in [-0.39, 0.29) is 5.91 Å². The Hall–Kier alpha value is -1.35. The Morgan fingerprint density at radius 3 is 2.44 bits per heavy atom. The van der Waals surface area contributed by atoms with Crippen LogP contribution < -0.4 is 5.32 Å². The fraction of sp³-hybridized carbons (Fsp3) is 0.462. The minimum Gasteiger partial charge on any atom is -0.388 e. The van der Waals surface area contributed by atoms with Crippen LogP contribution in [0.1, 0.15) is 44.8 Å². The molecule has 88 valence electrons. The maximum atomic E-state index is 11.1. The van der Waals surface area contributed by atoms with Crippen LogP contribution in [0.2, 0.25) is 0 Å². The van der Waals surface area contributed by atoms with E-state index in [1.165, 1.54) is 0 Å². The van der Waals surface area contributed by atoms with E-state index in [2.05, 4.69) is 5.32 Å². The summed E-state index contributed by atoms with van der Waals surface area (Å²) in [6.07, 6.45) is 1.79. The predicted octanol–water partition coefficient (Wildman–Crippen LogP) is 2.87. The second-order valence-electron chi connectivity index (χ2n) is 3.83. The normalized spacial score (nSPS) is 12.2. The molecule has 1 atom stereocenters. The van der Waals surface area contributed by atoms with Crippen molar-refractivity contribution in [1.82, 2.24) is 0 Å². The lowest BCUT2D eigenvalue weighted by molar-refractivity contribution is -0.115. The number of carbonyl (C=O) groups excluding carboxylic acids is 1. The summed E-state index contributed by atoms with van der Waals surface area (Å²) in [4.78, 5) is 11.1. The first-order chi connectivity index (χ1) is 7.67. The molecule has 0 aliphatic heterocycles. The third-order valence-corrected chi connectivity index (χ3v) is 2.46. The van der Waals surface area contributed by atoms with E-state index in [1.54, 1.807) is 0 Å². The van der Waals surface area contributed by atoms with Crippen LogP contribution in [0.3, 0.4) is 0 Å². The Morgan fingerprint density at radius 2 is 1.94 bits per heavy atom. The lowest BCUT2D eigenvalue weighted by atomic mass is 10.1. The summed E-state index contributed by atoms with van der Waals surface area (Å²) < 4.78 is 0. The van der Waals surface area contributed by atoms with E-state index in [4.69, 9.17) is 0 Å². The molecule has 0 aromatic heterocycles. The van der Waals surface area contributed by atoms with Crippen LogP contribution in [-0.2, 0) is 4.79 Å². The molecule has 0 aliphatic rings. The maximum Gasteiger partial charge on any atom is 0.224 e. The first kappa shape index (κ1) is 12.7. The second-order valence-corrected chi connectivity index (χ2v) is 3.83. The zero-order chi connectivity index (χ0) is 12.0. The van der Waals surface area contributed by atoms with Crippen molar-refractivity contribution in [3.05, 3.63) is 29.8 Å². The Morgan fingerprint density at radius 1 is 1.31 bits per heavy atom. The van der Waals surface area contributed by atoms with Crippen LogP contribution in [0, 0.1) is 0 Å². The summed E-state index contributed by atoms with van der Waals surface area (Å²) >= 11 is 0. The molecule has 1 amide bonds. The lowest BCUT2D eigenvalue weighted by Crippen LogP contribution is -2.09. The average Bonchev–Trinajstić information content (AvgIpc) is 2.30. The van der Waals surface area contributed by atoms with Crippen LogP contribution in [0.4, 0.5) is 5.69 Å². The van der Waals surface area contributed by atoms with Gasteiger partial charge in [0.05, 0.1) is 6.10 Å². The first-order valence-electron chi connectivity index (χ1n) is 5.75. The average molecular weight is 221 g/mol. The van der Waals surface area contributed by atoms with Gasteiger partial charge in [-0.25, -0.2) is 0 Å². The summed E-state index contributed by atoms with van der Waals surface area (Å²) in [5.41, 5.74) is 1.68. The first-order valence-corrected chi connectivity index (χ1v) is 5.75. The van der Waals surface area contributed by atoms with Gasteiger partial charge in [0.25, 0.3) is 0 Å². The second kappa shape index (κ2) is 6.28. The van der Waals surface area contributed by atoms with Gasteiger partial charge in [0.1, 0.15) is 0 Å². The Kier molecular flexibility index (Phi) is 4.99. The third kappa shape index (κ3) is 3.66. The van der Waals surface area contributed by atoms with Gasteiger partial charge >= 0.3 is 0 Å². The number of benzene rings is 1. The molecule has 1 rings (SSSR count). The van der Waals surface area contributed by atoms with Crippen LogP contribution >= 0.6 is 0 Å². The van der Waals surface area contributed by atoms with Gasteiger partial charge in [-0.3, -0.25) is 4.79 Å². The summed E-state index contributed by atoms with van der Waals surface area (Å²) in [7, 11) is 0. The number of anilines is 1. The number of aliphatic hydroxyl groups is 1. The fourth-order valence-electron chi connectivity index (χ4n) is 1.48. The predicted molar refractivity (Wildman–Crippen MR) is 65.2 cm³/mol. The van der Waals surface area contributed by atoms with Gasteiger partial charge in [-0.1, -0.05) is 32.4 Å². The van der Waals surface area contributed by atoms with E-state index < -0.39 is 6.10 Å². The third-order valence-electron chi connectivity index (χ3n) is 2.46. The Bertz CT molecular complexity index is 332. The molecular weight excluding hydrogens is 202 g/mol. The van der Waals surface area contributed by atoms with E-state index >= 15 is 0 Å². The number of nitrogens with one attached hydrogen (secondary N) is 1. The smallest absolute Gasteiger partial charge is 0.224 e. The molecular formula is C13H19NO2. The zero-order valence-corrected chi connectivity index (χ0v) is 9.86. The highest BCUT2D eigenvalue weighted by atomic mass is 16.3. The highest BCUT2D eigenvalue weighted by Gasteiger charge is 2.06. The number of hydrogen-bond acceptors (Lipinski definition) is 2. The lowest BCUT2D eigenvalue weighted by Gasteiger charge is -2.10. The topological polar surface area (TPSA) is 49.3 Å². The number of amides is 1. The van der Waals surface area contributed by atoms with Crippen LogP contribution in [0.15, 0.2) is 24.3 Å².